The van der Waals surface area contributed by atoms with E-state index in [0.717, 1.165) is 24.8 Å². The van der Waals surface area contributed by atoms with Gasteiger partial charge < -0.3 is 4.98 Å². The average molecular weight is 289 g/mol. The Balaban J connectivity index is 1.52. The molecule has 5 heteroatoms. The van der Waals surface area contributed by atoms with Crippen LogP contribution >= 0.6 is 0 Å². The maximum absolute atomic E-state index is 12.8. The first kappa shape index (κ1) is 13.0. The number of nitrogens with one attached hydrogen (secondary N) is 2. The van der Waals surface area contributed by atoms with Crippen LogP contribution in [-0.2, 0) is 0 Å². The SMILES string of the molecule is FC1(F)CN(C2CC=C(c3c[nH]c4ccccc34)CC2)N1. The number of fused-ring (bicyclic) bond motifs is 1. The number of allylic oxidation sites excluding steroid dienone is 1. The molecule has 2 heterocycles. The smallest absolute Gasteiger partial charge is 0.328 e. The Morgan fingerprint density at radius 3 is 2.76 bits per heavy atom. The van der Waals surface area contributed by atoms with Crippen molar-refractivity contribution in [3.8, 4) is 0 Å². The third-order valence-electron chi connectivity index (χ3n) is 4.44. The first-order chi connectivity index (χ1) is 10.1. The van der Waals surface area contributed by atoms with Gasteiger partial charge in [-0.2, -0.15) is 14.2 Å². The highest BCUT2D eigenvalue weighted by Crippen LogP contribution is 2.35. The van der Waals surface area contributed by atoms with E-state index in [-0.39, 0.29) is 12.6 Å². The van der Waals surface area contributed by atoms with Crippen molar-refractivity contribution in [3.63, 3.8) is 0 Å². The van der Waals surface area contributed by atoms with Gasteiger partial charge in [-0.1, -0.05) is 24.3 Å². The van der Waals surface area contributed by atoms with Gasteiger partial charge in [-0.15, -0.1) is 0 Å². The van der Waals surface area contributed by atoms with E-state index in [1.54, 1.807) is 5.01 Å². The largest absolute Gasteiger partial charge is 0.361 e. The lowest BCUT2D eigenvalue weighted by molar-refractivity contribution is -0.217. The zero-order valence-corrected chi connectivity index (χ0v) is 11.6. The minimum atomic E-state index is -2.71. The fourth-order valence-electron chi connectivity index (χ4n) is 3.31. The lowest BCUT2D eigenvalue weighted by atomic mass is 9.90. The van der Waals surface area contributed by atoms with E-state index in [1.807, 2.05) is 18.3 Å². The summed E-state index contributed by atoms with van der Waals surface area (Å²) in [4.78, 5) is 3.29. The number of aromatic nitrogens is 1. The fraction of sp³-hybridized carbons (Fsp3) is 0.375. The van der Waals surface area contributed by atoms with Crippen LogP contribution < -0.4 is 5.43 Å². The van der Waals surface area contributed by atoms with Crippen LogP contribution in [-0.4, -0.2) is 28.6 Å². The molecule has 2 N–H and O–H groups in total. The van der Waals surface area contributed by atoms with Gasteiger partial charge in [0.15, 0.2) is 0 Å². The number of rotatable bonds is 2. The van der Waals surface area contributed by atoms with Crippen LogP contribution in [0.3, 0.4) is 0 Å². The van der Waals surface area contributed by atoms with Gasteiger partial charge in [0.25, 0.3) is 0 Å². The highest BCUT2D eigenvalue weighted by molar-refractivity contribution is 5.92. The number of H-pyrrole nitrogens is 1. The molecule has 0 saturated carbocycles. The van der Waals surface area contributed by atoms with Gasteiger partial charge >= 0.3 is 6.05 Å². The Kier molecular flexibility index (Phi) is 2.87. The van der Waals surface area contributed by atoms with Crippen LogP contribution in [0.15, 0.2) is 36.5 Å². The topological polar surface area (TPSA) is 31.1 Å². The van der Waals surface area contributed by atoms with Crippen LogP contribution in [0.1, 0.15) is 24.8 Å². The minimum absolute atomic E-state index is 0.173. The molecule has 1 aliphatic heterocycles. The number of nitrogens with zero attached hydrogens (tertiary/aromatic N) is 1. The lowest BCUT2D eigenvalue weighted by Crippen LogP contribution is -2.69. The quantitative estimate of drug-likeness (QED) is 0.829. The van der Waals surface area contributed by atoms with Crippen LogP contribution in [0.25, 0.3) is 16.5 Å². The zero-order chi connectivity index (χ0) is 14.4. The van der Waals surface area contributed by atoms with E-state index in [9.17, 15) is 8.78 Å². The maximum atomic E-state index is 12.8. The molecule has 2 aromatic rings. The Labute approximate surface area is 121 Å². The highest BCUT2D eigenvalue weighted by atomic mass is 19.3. The van der Waals surface area contributed by atoms with Crippen molar-refractivity contribution in [2.24, 2.45) is 0 Å². The van der Waals surface area contributed by atoms with Gasteiger partial charge in [0, 0.05) is 28.7 Å². The summed E-state index contributed by atoms with van der Waals surface area (Å²) in [5.41, 5.74) is 5.93. The molecule has 0 radical (unpaired) electrons. The Bertz CT molecular complexity index is 696. The Morgan fingerprint density at radius 2 is 2.05 bits per heavy atom. The molecule has 21 heavy (non-hydrogen) atoms. The molecule has 1 unspecified atom stereocenters. The number of halogens is 2. The summed E-state index contributed by atoms with van der Waals surface area (Å²) in [6.07, 6.45) is 6.90. The number of alkyl halides is 2. The van der Waals surface area contributed by atoms with E-state index in [0.29, 0.717) is 0 Å². The molecule has 0 amide bonds. The van der Waals surface area contributed by atoms with Crippen LogP contribution in [0.5, 0.6) is 0 Å². The number of hydrogen-bond donors (Lipinski definition) is 2. The average Bonchev–Trinajstić information content (AvgIpc) is 2.89. The van der Waals surface area contributed by atoms with E-state index in [4.69, 9.17) is 0 Å². The molecule has 2 aliphatic rings. The molecule has 1 aromatic carbocycles. The van der Waals surface area contributed by atoms with Crippen molar-refractivity contribution in [1.82, 2.24) is 15.4 Å². The molecular formula is C16H17F2N3. The van der Waals surface area contributed by atoms with Gasteiger partial charge in [-0.3, -0.25) is 0 Å². The molecule has 0 spiro atoms. The van der Waals surface area contributed by atoms with Gasteiger partial charge in [0.05, 0.1) is 6.54 Å². The summed E-state index contributed by atoms with van der Waals surface area (Å²) >= 11 is 0. The monoisotopic (exact) mass is 289 g/mol. The molecule has 1 atom stereocenters. The number of hydrogen-bond acceptors (Lipinski definition) is 2. The molecule has 1 aromatic heterocycles. The molecule has 1 saturated heterocycles. The van der Waals surface area contributed by atoms with Gasteiger partial charge in [-0.05, 0) is 30.9 Å². The number of benzene rings is 1. The zero-order valence-electron chi connectivity index (χ0n) is 11.6. The van der Waals surface area contributed by atoms with Gasteiger partial charge in [0.1, 0.15) is 0 Å². The molecular weight excluding hydrogens is 272 g/mol. The normalized spacial score (nSPS) is 25.6. The minimum Gasteiger partial charge on any atom is -0.361 e. The summed E-state index contributed by atoms with van der Waals surface area (Å²) in [5, 5.41) is 2.90. The second-order valence-corrected chi connectivity index (χ2v) is 5.85. The van der Waals surface area contributed by atoms with Crippen molar-refractivity contribution in [3.05, 3.63) is 42.1 Å². The fourth-order valence-corrected chi connectivity index (χ4v) is 3.31. The van der Waals surface area contributed by atoms with Gasteiger partial charge in [-0.25, -0.2) is 5.01 Å². The number of hydrazine groups is 1. The molecule has 1 fully saturated rings. The first-order valence-electron chi connectivity index (χ1n) is 7.30. The third-order valence-corrected chi connectivity index (χ3v) is 4.44. The summed E-state index contributed by atoms with van der Waals surface area (Å²) in [6, 6.07) is 5.71. The second kappa shape index (κ2) is 4.64. The van der Waals surface area contributed by atoms with Crippen molar-refractivity contribution < 1.29 is 8.78 Å². The van der Waals surface area contributed by atoms with E-state index in [2.05, 4.69) is 28.6 Å². The van der Waals surface area contributed by atoms with Crippen LogP contribution in [0.4, 0.5) is 8.78 Å². The summed E-state index contributed by atoms with van der Waals surface area (Å²) in [6.45, 7) is -0.173. The van der Waals surface area contributed by atoms with E-state index in [1.165, 1.54) is 16.5 Å². The maximum Gasteiger partial charge on any atom is 0.328 e. The number of aromatic amines is 1. The van der Waals surface area contributed by atoms with Crippen molar-refractivity contribution >= 4 is 16.5 Å². The molecule has 3 nitrogen and oxygen atoms in total. The Hall–Kier alpha value is -1.72. The highest BCUT2D eigenvalue weighted by Gasteiger charge is 2.46. The predicted octanol–water partition coefficient (Wildman–Crippen LogP) is 3.52. The van der Waals surface area contributed by atoms with Crippen LogP contribution in [0.2, 0.25) is 0 Å². The number of para-hydroxylation sites is 1. The molecule has 0 bridgehead atoms. The lowest BCUT2D eigenvalue weighted by Gasteiger charge is -2.45. The third kappa shape index (κ3) is 2.26. The van der Waals surface area contributed by atoms with Crippen molar-refractivity contribution in [2.75, 3.05) is 6.54 Å². The first-order valence-corrected chi connectivity index (χ1v) is 7.30. The molecule has 110 valence electrons. The summed E-state index contributed by atoms with van der Waals surface area (Å²) in [7, 11) is 0. The summed E-state index contributed by atoms with van der Waals surface area (Å²) in [5.74, 6) is 0. The standard InChI is InChI=1S/C16H17F2N3/c17-16(18)10-21(20-16)12-7-5-11(6-8-12)14-9-19-15-4-2-1-3-13(14)15/h1-5,9,12,19-20H,6-8,10H2. The van der Waals surface area contributed by atoms with Gasteiger partial charge in [0.2, 0.25) is 0 Å². The van der Waals surface area contributed by atoms with E-state index >= 15 is 0 Å². The Morgan fingerprint density at radius 1 is 1.24 bits per heavy atom. The summed E-state index contributed by atoms with van der Waals surface area (Å²) < 4.78 is 25.7. The van der Waals surface area contributed by atoms with Crippen LogP contribution in [0, 0.1) is 0 Å². The van der Waals surface area contributed by atoms with Crippen molar-refractivity contribution in [2.45, 2.75) is 31.4 Å². The predicted molar refractivity (Wildman–Crippen MR) is 78.7 cm³/mol. The van der Waals surface area contributed by atoms with Crippen molar-refractivity contribution in [1.29, 1.82) is 0 Å². The second-order valence-electron chi connectivity index (χ2n) is 5.85. The molecule has 4 rings (SSSR count). The van der Waals surface area contributed by atoms with E-state index < -0.39 is 6.05 Å². The molecule has 1 aliphatic carbocycles.